The fourth-order valence-corrected chi connectivity index (χ4v) is 2.58. The number of nitrogens with zero attached hydrogens (tertiary/aromatic N) is 1. The molecule has 0 radical (unpaired) electrons. The zero-order chi connectivity index (χ0) is 15.4. The van der Waals surface area contributed by atoms with Crippen molar-refractivity contribution in [3.8, 4) is 0 Å². The molecule has 2 nitrogen and oxygen atoms in total. The summed E-state index contributed by atoms with van der Waals surface area (Å²) in [4.78, 5) is 2.67. The molecule has 20 heavy (non-hydrogen) atoms. The Morgan fingerprint density at radius 3 is 1.75 bits per heavy atom. The van der Waals surface area contributed by atoms with Gasteiger partial charge in [-0.1, -0.05) is 60.3 Å². The summed E-state index contributed by atoms with van der Waals surface area (Å²) in [6.45, 7) is 14.8. The van der Waals surface area contributed by atoms with Crippen LogP contribution in [0.1, 0.15) is 79.6 Å². The normalized spacial score (nSPS) is 13.7. The third-order valence-corrected chi connectivity index (χ3v) is 4.17. The molecule has 2 N–H and O–H groups in total. The Balaban J connectivity index is 4.26. The molecule has 0 aromatic heterocycles. The van der Waals surface area contributed by atoms with Gasteiger partial charge >= 0.3 is 0 Å². The second kappa shape index (κ2) is 12.6. The van der Waals surface area contributed by atoms with Crippen LogP contribution in [0.4, 0.5) is 0 Å². The first-order valence-electron chi connectivity index (χ1n) is 8.95. The summed E-state index contributed by atoms with van der Waals surface area (Å²) < 4.78 is 0. The standard InChI is InChI=1S/C18H40N2/c1-6-7-8-9-10-18(15-19)20(13-11-16(2)3)14-12-17(4)5/h16-18H,6-15,19H2,1-5H3. The molecule has 0 aliphatic rings. The van der Waals surface area contributed by atoms with Crippen LogP contribution in [0, 0.1) is 11.8 Å². The van der Waals surface area contributed by atoms with Crippen molar-refractivity contribution in [2.45, 2.75) is 85.6 Å². The minimum atomic E-state index is 0.601. The molecule has 1 unspecified atom stereocenters. The van der Waals surface area contributed by atoms with Gasteiger partial charge in [-0.25, -0.2) is 0 Å². The van der Waals surface area contributed by atoms with Crippen molar-refractivity contribution in [1.29, 1.82) is 0 Å². The Morgan fingerprint density at radius 1 is 0.800 bits per heavy atom. The van der Waals surface area contributed by atoms with Gasteiger partial charge in [-0.2, -0.15) is 0 Å². The minimum absolute atomic E-state index is 0.601. The first-order chi connectivity index (χ1) is 9.51. The molecule has 0 saturated heterocycles. The van der Waals surface area contributed by atoms with E-state index in [9.17, 15) is 0 Å². The summed E-state index contributed by atoms with van der Waals surface area (Å²) in [5.41, 5.74) is 6.06. The molecule has 0 aromatic carbocycles. The number of nitrogens with two attached hydrogens (primary N) is 1. The van der Waals surface area contributed by atoms with E-state index in [-0.39, 0.29) is 0 Å². The van der Waals surface area contributed by atoms with E-state index >= 15 is 0 Å². The van der Waals surface area contributed by atoms with E-state index in [0.717, 1.165) is 18.4 Å². The van der Waals surface area contributed by atoms with Crippen LogP contribution in [-0.4, -0.2) is 30.6 Å². The number of unbranched alkanes of at least 4 members (excludes halogenated alkanes) is 3. The molecule has 0 bridgehead atoms. The predicted molar refractivity (Wildman–Crippen MR) is 92.1 cm³/mol. The highest BCUT2D eigenvalue weighted by molar-refractivity contribution is 4.74. The molecular formula is C18H40N2. The monoisotopic (exact) mass is 284 g/mol. The molecule has 0 heterocycles. The first kappa shape index (κ1) is 19.9. The molecule has 0 rings (SSSR count). The number of hydrogen-bond acceptors (Lipinski definition) is 2. The molecule has 0 aliphatic heterocycles. The summed E-state index contributed by atoms with van der Waals surface area (Å²) in [5, 5.41) is 0. The average molecular weight is 285 g/mol. The van der Waals surface area contributed by atoms with Gasteiger partial charge < -0.3 is 5.73 Å². The van der Waals surface area contributed by atoms with Crippen LogP contribution in [0.3, 0.4) is 0 Å². The van der Waals surface area contributed by atoms with Gasteiger partial charge in [0.05, 0.1) is 0 Å². The van der Waals surface area contributed by atoms with Crippen molar-refractivity contribution in [2.24, 2.45) is 17.6 Å². The van der Waals surface area contributed by atoms with Gasteiger partial charge in [0.25, 0.3) is 0 Å². The lowest BCUT2D eigenvalue weighted by Gasteiger charge is -2.32. The van der Waals surface area contributed by atoms with Crippen LogP contribution >= 0.6 is 0 Å². The van der Waals surface area contributed by atoms with Crippen molar-refractivity contribution in [1.82, 2.24) is 4.90 Å². The number of hydrogen-bond donors (Lipinski definition) is 1. The summed E-state index contributed by atoms with van der Waals surface area (Å²) in [7, 11) is 0. The molecule has 0 amide bonds. The summed E-state index contributed by atoms with van der Waals surface area (Å²) in [6, 6.07) is 0.601. The van der Waals surface area contributed by atoms with Gasteiger partial charge in [0.1, 0.15) is 0 Å². The summed E-state index contributed by atoms with van der Waals surface area (Å²) in [6.07, 6.45) is 9.28. The fourth-order valence-electron chi connectivity index (χ4n) is 2.58. The topological polar surface area (TPSA) is 29.3 Å². The van der Waals surface area contributed by atoms with Crippen LogP contribution < -0.4 is 5.73 Å². The Bertz CT molecular complexity index is 190. The zero-order valence-corrected chi connectivity index (χ0v) is 14.8. The lowest BCUT2D eigenvalue weighted by atomic mass is 10.0. The van der Waals surface area contributed by atoms with Crippen LogP contribution in [0.25, 0.3) is 0 Å². The quantitative estimate of drug-likeness (QED) is 0.498. The van der Waals surface area contributed by atoms with E-state index in [4.69, 9.17) is 5.73 Å². The smallest absolute Gasteiger partial charge is 0.0218 e. The van der Waals surface area contributed by atoms with Crippen molar-refractivity contribution in [2.75, 3.05) is 19.6 Å². The highest BCUT2D eigenvalue weighted by atomic mass is 15.2. The maximum Gasteiger partial charge on any atom is 0.0218 e. The molecule has 1 atom stereocenters. The predicted octanol–water partition coefficient (Wildman–Crippen LogP) is 4.68. The SMILES string of the molecule is CCCCCCC(CN)N(CCC(C)C)CCC(C)C. The third kappa shape index (κ3) is 10.7. The summed E-state index contributed by atoms with van der Waals surface area (Å²) >= 11 is 0. The van der Waals surface area contributed by atoms with Crippen LogP contribution in [0.2, 0.25) is 0 Å². The second-order valence-corrected chi connectivity index (χ2v) is 7.14. The average Bonchev–Trinajstić information content (AvgIpc) is 2.39. The Hall–Kier alpha value is -0.0800. The van der Waals surface area contributed by atoms with E-state index in [1.165, 1.54) is 58.0 Å². The van der Waals surface area contributed by atoms with Crippen molar-refractivity contribution in [3.63, 3.8) is 0 Å². The minimum Gasteiger partial charge on any atom is -0.329 e. The molecule has 0 spiro atoms. The Morgan fingerprint density at radius 2 is 1.35 bits per heavy atom. The highest BCUT2D eigenvalue weighted by Crippen LogP contribution is 2.14. The Labute approximate surface area is 128 Å². The van der Waals surface area contributed by atoms with Gasteiger partial charge in [-0.15, -0.1) is 0 Å². The van der Waals surface area contributed by atoms with E-state index in [1.54, 1.807) is 0 Å². The first-order valence-corrected chi connectivity index (χ1v) is 8.95. The lowest BCUT2D eigenvalue weighted by Crippen LogP contribution is -2.42. The number of rotatable bonds is 13. The van der Waals surface area contributed by atoms with E-state index < -0.39 is 0 Å². The van der Waals surface area contributed by atoms with Gasteiger partial charge in [-0.3, -0.25) is 4.90 Å². The second-order valence-electron chi connectivity index (χ2n) is 7.14. The lowest BCUT2D eigenvalue weighted by molar-refractivity contribution is 0.169. The van der Waals surface area contributed by atoms with Gasteiger partial charge in [-0.05, 0) is 44.2 Å². The van der Waals surface area contributed by atoms with Gasteiger partial charge in [0.2, 0.25) is 0 Å². The van der Waals surface area contributed by atoms with Gasteiger partial charge in [0, 0.05) is 12.6 Å². The fraction of sp³-hybridized carbons (Fsp3) is 1.00. The molecule has 2 heteroatoms. The third-order valence-electron chi connectivity index (χ3n) is 4.17. The van der Waals surface area contributed by atoms with Crippen LogP contribution in [0.5, 0.6) is 0 Å². The molecule has 122 valence electrons. The van der Waals surface area contributed by atoms with Crippen molar-refractivity contribution in [3.05, 3.63) is 0 Å². The maximum atomic E-state index is 6.06. The zero-order valence-electron chi connectivity index (χ0n) is 14.8. The maximum absolute atomic E-state index is 6.06. The highest BCUT2D eigenvalue weighted by Gasteiger charge is 2.17. The van der Waals surface area contributed by atoms with E-state index in [2.05, 4.69) is 39.5 Å². The molecule has 0 fully saturated rings. The van der Waals surface area contributed by atoms with Crippen LogP contribution in [-0.2, 0) is 0 Å². The Kier molecular flexibility index (Phi) is 12.6. The van der Waals surface area contributed by atoms with Gasteiger partial charge in [0.15, 0.2) is 0 Å². The van der Waals surface area contributed by atoms with Crippen molar-refractivity contribution >= 4 is 0 Å². The van der Waals surface area contributed by atoms with Crippen LogP contribution in [0.15, 0.2) is 0 Å². The van der Waals surface area contributed by atoms with Crippen molar-refractivity contribution < 1.29 is 0 Å². The van der Waals surface area contributed by atoms with E-state index in [0.29, 0.717) is 6.04 Å². The largest absolute Gasteiger partial charge is 0.329 e. The molecule has 0 saturated carbocycles. The molecular weight excluding hydrogens is 244 g/mol. The molecule has 0 aromatic rings. The summed E-state index contributed by atoms with van der Waals surface area (Å²) in [5.74, 6) is 1.57. The van der Waals surface area contributed by atoms with E-state index in [1.807, 2.05) is 0 Å². The molecule has 0 aliphatic carbocycles.